The van der Waals surface area contributed by atoms with E-state index >= 15 is 0 Å². The molecule has 0 radical (unpaired) electrons. The molecule has 1 aromatic rings. The van der Waals surface area contributed by atoms with E-state index in [-0.39, 0.29) is 5.91 Å². The zero-order chi connectivity index (χ0) is 13.4. The highest BCUT2D eigenvalue weighted by Gasteiger charge is 2.11. The van der Waals surface area contributed by atoms with E-state index in [0.717, 1.165) is 31.5 Å². The standard InChI is InChI=1S/C14H21ClN2O/c1-3-5-6-9-17-14(18)12-10-11(15)7-8-13(12)16-4-2/h7-8,10,16H,3-6,9H2,1-2H3,(H,17,18). The minimum Gasteiger partial charge on any atom is -0.385 e. The van der Waals surface area contributed by atoms with Crippen molar-refractivity contribution in [2.45, 2.75) is 33.1 Å². The van der Waals surface area contributed by atoms with Crippen molar-refractivity contribution < 1.29 is 4.79 Å². The third-order valence-corrected chi connectivity index (χ3v) is 2.89. The number of amides is 1. The summed E-state index contributed by atoms with van der Waals surface area (Å²) in [5, 5.41) is 6.67. The topological polar surface area (TPSA) is 41.1 Å². The fourth-order valence-corrected chi connectivity index (χ4v) is 1.89. The number of nitrogens with one attached hydrogen (secondary N) is 2. The molecule has 0 saturated heterocycles. The van der Waals surface area contributed by atoms with E-state index in [2.05, 4.69) is 17.6 Å². The second-order valence-corrected chi connectivity index (χ2v) is 4.62. The van der Waals surface area contributed by atoms with Gasteiger partial charge in [-0.3, -0.25) is 4.79 Å². The SMILES string of the molecule is CCCCCNC(=O)c1cc(Cl)ccc1NCC. The molecule has 3 nitrogen and oxygen atoms in total. The first-order valence-electron chi connectivity index (χ1n) is 6.50. The molecular weight excluding hydrogens is 248 g/mol. The van der Waals surface area contributed by atoms with Crippen LogP contribution < -0.4 is 10.6 Å². The molecule has 0 fully saturated rings. The minimum absolute atomic E-state index is 0.0652. The van der Waals surface area contributed by atoms with E-state index in [1.165, 1.54) is 0 Å². The average molecular weight is 269 g/mol. The number of benzene rings is 1. The predicted octanol–water partition coefficient (Wildman–Crippen LogP) is 3.69. The molecule has 1 aromatic carbocycles. The van der Waals surface area contributed by atoms with Crippen LogP contribution >= 0.6 is 11.6 Å². The number of carbonyl (C=O) groups excluding carboxylic acids is 1. The summed E-state index contributed by atoms with van der Waals surface area (Å²) < 4.78 is 0. The summed E-state index contributed by atoms with van der Waals surface area (Å²) >= 11 is 5.94. The summed E-state index contributed by atoms with van der Waals surface area (Å²) in [6.07, 6.45) is 3.30. The van der Waals surface area contributed by atoms with E-state index in [9.17, 15) is 4.79 Å². The number of halogens is 1. The fraction of sp³-hybridized carbons (Fsp3) is 0.500. The Morgan fingerprint density at radius 1 is 1.28 bits per heavy atom. The molecule has 0 bridgehead atoms. The van der Waals surface area contributed by atoms with Gasteiger partial charge in [0.15, 0.2) is 0 Å². The second-order valence-electron chi connectivity index (χ2n) is 4.18. The van der Waals surface area contributed by atoms with Crippen LogP contribution in [0.2, 0.25) is 5.02 Å². The Hall–Kier alpha value is -1.22. The van der Waals surface area contributed by atoms with Gasteiger partial charge in [-0.2, -0.15) is 0 Å². The number of carbonyl (C=O) groups is 1. The highest BCUT2D eigenvalue weighted by Crippen LogP contribution is 2.20. The van der Waals surface area contributed by atoms with Crippen LogP contribution in [0, 0.1) is 0 Å². The number of hydrogen-bond acceptors (Lipinski definition) is 2. The lowest BCUT2D eigenvalue weighted by molar-refractivity contribution is 0.0954. The molecule has 2 N–H and O–H groups in total. The molecular formula is C14H21ClN2O. The monoisotopic (exact) mass is 268 g/mol. The van der Waals surface area contributed by atoms with E-state index < -0.39 is 0 Å². The molecule has 0 aromatic heterocycles. The van der Waals surface area contributed by atoms with Gasteiger partial charge in [0, 0.05) is 23.8 Å². The van der Waals surface area contributed by atoms with Crippen molar-refractivity contribution in [3.05, 3.63) is 28.8 Å². The van der Waals surface area contributed by atoms with Crippen LogP contribution in [0.4, 0.5) is 5.69 Å². The number of hydrogen-bond donors (Lipinski definition) is 2. The summed E-state index contributed by atoms with van der Waals surface area (Å²) in [5.41, 5.74) is 1.44. The van der Waals surface area contributed by atoms with Crippen LogP contribution in [0.25, 0.3) is 0 Å². The van der Waals surface area contributed by atoms with Crippen molar-refractivity contribution in [2.24, 2.45) is 0 Å². The molecule has 18 heavy (non-hydrogen) atoms. The molecule has 0 aliphatic heterocycles. The normalized spacial score (nSPS) is 10.2. The van der Waals surface area contributed by atoms with Crippen molar-refractivity contribution in [1.82, 2.24) is 5.32 Å². The first-order valence-corrected chi connectivity index (χ1v) is 6.88. The molecule has 0 aliphatic carbocycles. The smallest absolute Gasteiger partial charge is 0.253 e. The van der Waals surface area contributed by atoms with Crippen molar-refractivity contribution in [2.75, 3.05) is 18.4 Å². The van der Waals surface area contributed by atoms with Gasteiger partial charge in [-0.25, -0.2) is 0 Å². The third kappa shape index (κ3) is 4.57. The Kier molecular flexibility index (Phi) is 6.58. The van der Waals surface area contributed by atoms with Gasteiger partial charge >= 0.3 is 0 Å². The Bertz CT molecular complexity index is 393. The summed E-state index contributed by atoms with van der Waals surface area (Å²) in [7, 11) is 0. The number of unbranched alkanes of at least 4 members (excludes halogenated alkanes) is 2. The highest BCUT2D eigenvalue weighted by molar-refractivity contribution is 6.31. The van der Waals surface area contributed by atoms with Crippen LogP contribution in [0.3, 0.4) is 0 Å². The van der Waals surface area contributed by atoms with Gasteiger partial charge in [0.05, 0.1) is 5.56 Å². The highest BCUT2D eigenvalue weighted by atomic mass is 35.5. The minimum atomic E-state index is -0.0652. The molecule has 0 heterocycles. The van der Waals surface area contributed by atoms with Crippen molar-refractivity contribution in [1.29, 1.82) is 0 Å². The molecule has 4 heteroatoms. The molecule has 0 atom stereocenters. The lowest BCUT2D eigenvalue weighted by Gasteiger charge is -2.11. The summed E-state index contributed by atoms with van der Waals surface area (Å²) in [5.74, 6) is -0.0652. The summed E-state index contributed by atoms with van der Waals surface area (Å²) in [6.45, 7) is 5.63. The zero-order valence-corrected chi connectivity index (χ0v) is 11.8. The number of rotatable bonds is 7. The maximum Gasteiger partial charge on any atom is 0.253 e. The molecule has 1 amide bonds. The quantitative estimate of drug-likeness (QED) is 0.741. The van der Waals surface area contributed by atoms with Crippen LogP contribution in [-0.2, 0) is 0 Å². The predicted molar refractivity (Wildman–Crippen MR) is 77.5 cm³/mol. The van der Waals surface area contributed by atoms with Gasteiger partial charge in [-0.15, -0.1) is 0 Å². The Morgan fingerprint density at radius 3 is 2.72 bits per heavy atom. The third-order valence-electron chi connectivity index (χ3n) is 2.66. The molecule has 0 saturated carbocycles. The summed E-state index contributed by atoms with van der Waals surface area (Å²) in [4.78, 5) is 12.0. The Labute approximate surface area is 114 Å². The van der Waals surface area contributed by atoms with Crippen LogP contribution in [0.15, 0.2) is 18.2 Å². The molecule has 100 valence electrons. The van der Waals surface area contributed by atoms with Gasteiger partial charge in [-0.05, 0) is 31.5 Å². The van der Waals surface area contributed by atoms with Gasteiger partial charge in [0.2, 0.25) is 0 Å². The Morgan fingerprint density at radius 2 is 2.06 bits per heavy atom. The molecule has 0 unspecified atom stereocenters. The van der Waals surface area contributed by atoms with Crippen LogP contribution in [0.1, 0.15) is 43.5 Å². The average Bonchev–Trinajstić information content (AvgIpc) is 2.37. The first kappa shape index (κ1) is 14.8. The lowest BCUT2D eigenvalue weighted by Crippen LogP contribution is -2.25. The van der Waals surface area contributed by atoms with E-state index in [4.69, 9.17) is 11.6 Å². The van der Waals surface area contributed by atoms with Crippen molar-refractivity contribution in [3.8, 4) is 0 Å². The van der Waals surface area contributed by atoms with Crippen molar-refractivity contribution >= 4 is 23.2 Å². The molecule has 0 aliphatic rings. The summed E-state index contributed by atoms with van der Waals surface area (Å²) in [6, 6.07) is 5.33. The van der Waals surface area contributed by atoms with Gasteiger partial charge in [0.25, 0.3) is 5.91 Å². The van der Waals surface area contributed by atoms with Gasteiger partial charge in [0.1, 0.15) is 0 Å². The number of anilines is 1. The zero-order valence-electron chi connectivity index (χ0n) is 11.1. The van der Waals surface area contributed by atoms with E-state index in [0.29, 0.717) is 17.1 Å². The second kappa shape index (κ2) is 7.98. The maximum atomic E-state index is 12.0. The van der Waals surface area contributed by atoms with Crippen LogP contribution in [-0.4, -0.2) is 19.0 Å². The molecule has 0 spiro atoms. The van der Waals surface area contributed by atoms with E-state index in [1.54, 1.807) is 12.1 Å². The lowest BCUT2D eigenvalue weighted by atomic mass is 10.1. The largest absolute Gasteiger partial charge is 0.385 e. The van der Waals surface area contributed by atoms with Gasteiger partial charge < -0.3 is 10.6 Å². The first-order chi connectivity index (χ1) is 8.69. The molecule has 1 rings (SSSR count). The van der Waals surface area contributed by atoms with Gasteiger partial charge in [-0.1, -0.05) is 31.4 Å². The fourth-order valence-electron chi connectivity index (χ4n) is 1.72. The maximum absolute atomic E-state index is 12.0. The van der Waals surface area contributed by atoms with Crippen molar-refractivity contribution in [3.63, 3.8) is 0 Å². The van der Waals surface area contributed by atoms with Crippen LogP contribution in [0.5, 0.6) is 0 Å². The Balaban J connectivity index is 2.67. The van der Waals surface area contributed by atoms with E-state index in [1.807, 2.05) is 13.0 Å².